The third kappa shape index (κ3) is 15.4. The molecule has 6 heteroatoms. The summed E-state index contributed by atoms with van der Waals surface area (Å²) in [4.78, 5) is 36.1. The number of amides is 1. The fourth-order valence-corrected chi connectivity index (χ4v) is 5.26. The third-order valence-electron chi connectivity index (χ3n) is 7.56. The van der Waals surface area contributed by atoms with Crippen molar-refractivity contribution in [2.75, 3.05) is 0 Å². The van der Waals surface area contributed by atoms with Gasteiger partial charge in [-0.2, -0.15) is 0 Å². The van der Waals surface area contributed by atoms with Crippen molar-refractivity contribution in [3.63, 3.8) is 0 Å². The zero-order valence-corrected chi connectivity index (χ0v) is 24.4. The summed E-state index contributed by atoms with van der Waals surface area (Å²) >= 11 is 0. The predicted molar refractivity (Wildman–Crippen MR) is 150 cm³/mol. The van der Waals surface area contributed by atoms with Gasteiger partial charge in [-0.1, -0.05) is 118 Å². The topological polar surface area (TPSA) is 81.7 Å². The number of cyclic esters (lactones) is 1. The van der Waals surface area contributed by atoms with Crippen LogP contribution >= 0.6 is 0 Å². The molecule has 1 saturated heterocycles. The summed E-state index contributed by atoms with van der Waals surface area (Å²) in [6.45, 7) is 8.47. The molecule has 4 atom stereocenters. The molecule has 0 aliphatic carbocycles. The van der Waals surface area contributed by atoms with Gasteiger partial charge in [-0.05, 0) is 31.6 Å². The van der Waals surface area contributed by atoms with Crippen LogP contribution < -0.4 is 5.32 Å². The fourth-order valence-electron chi connectivity index (χ4n) is 5.26. The zero-order chi connectivity index (χ0) is 27.3. The summed E-state index contributed by atoms with van der Waals surface area (Å²) < 4.78 is 11.4. The molecule has 1 fully saturated rings. The monoisotopic (exact) mass is 523 g/mol. The number of carbonyl (C=O) groups excluding carboxylic acids is 3. The van der Waals surface area contributed by atoms with Crippen molar-refractivity contribution in [1.29, 1.82) is 0 Å². The van der Waals surface area contributed by atoms with E-state index in [9.17, 15) is 14.4 Å². The summed E-state index contributed by atoms with van der Waals surface area (Å²) in [6.07, 6.45) is 21.3. The van der Waals surface area contributed by atoms with Crippen molar-refractivity contribution in [2.45, 2.75) is 168 Å². The van der Waals surface area contributed by atoms with Gasteiger partial charge in [0.15, 0.2) is 0 Å². The van der Waals surface area contributed by atoms with E-state index < -0.39 is 6.04 Å². The number of nitrogens with one attached hydrogen (secondary N) is 1. The largest absolute Gasteiger partial charge is 0.461 e. The lowest BCUT2D eigenvalue weighted by molar-refractivity contribution is -0.190. The number of esters is 2. The average Bonchev–Trinajstić information content (AvgIpc) is 2.86. The molecule has 0 aromatic carbocycles. The van der Waals surface area contributed by atoms with Gasteiger partial charge in [0.05, 0.1) is 5.92 Å². The minimum atomic E-state index is -0.633. The first-order valence-corrected chi connectivity index (χ1v) is 15.5. The van der Waals surface area contributed by atoms with E-state index in [1.165, 1.54) is 70.6 Å². The SMILES string of the molecule is CCCCCCCCCCCCCC(C[C@@H]1OC(=O)[C@@H]1CCCCCC)OC(=O)[C@H](CC(C)C)NC=O. The summed E-state index contributed by atoms with van der Waals surface area (Å²) in [5.41, 5.74) is 0. The highest BCUT2D eigenvalue weighted by atomic mass is 16.6. The molecule has 0 saturated carbocycles. The molecule has 1 unspecified atom stereocenters. The molecule has 216 valence electrons. The first kappa shape index (κ1) is 33.4. The van der Waals surface area contributed by atoms with E-state index in [0.29, 0.717) is 19.3 Å². The molecular weight excluding hydrogens is 466 g/mol. The Hall–Kier alpha value is -1.59. The van der Waals surface area contributed by atoms with Crippen LogP contribution in [0.5, 0.6) is 0 Å². The number of hydrogen-bond acceptors (Lipinski definition) is 5. The van der Waals surface area contributed by atoms with Crippen LogP contribution in [0, 0.1) is 11.8 Å². The van der Waals surface area contributed by atoms with Crippen molar-refractivity contribution in [1.82, 2.24) is 5.32 Å². The highest BCUT2D eigenvalue weighted by molar-refractivity contribution is 5.79. The van der Waals surface area contributed by atoms with Gasteiger partial charge < -0.3 is 14.8 Å². The molecule has 1 N–H and O–H groups in total. The maximum absolute atomic E-state index is 12.9. The van der Waals surface area contributed by atoms with Gasteiger partial charge in [-0.15, -0.1) is 0 Å². The Bertz CT molecular complexity index is 608. The zero-order valence-electron chi connectivity index (χ0n) is 24.4. The van der Waals surface area contributed by atoms with Gasteiger partial charge in [-0.3, -0.25) is 9.59 Å². The van der Waals surface area contributed by atoms with E-state index in [2.05, 4.69) is 19.2 Å². The van der Waals surface area contributed by atoms with Crippen LogP contribution in [-0.4, -0.2) is 36.6 Å². The lowest BCUT2D eigenvalue weighted by atomic mass is 9.86. The van der Waals surface area contributed by atoms with Crippen LogP contribution in [0.4, 0.5) is 0 Å². The summed E-state index contributed by atoms with van der Waals surface area (Å²) in [5.74, 6) is -0.300. The molecular formula is C31H57NO5. The van der Waals surface area contributed by atoms with Crippen LogP contribution in [0.1, 0.15) is 150 Å². The molecule has 0 bridgehead atoms. The van der Waals surface area contributed by atoms with Crippen molar-refractivity contribution in [2.24, 2.45) is 11.8 Å². The molecule has 1 heterocycles. The molecule has 0 radical (unpaired) electrons. The smallest absolute Gasteiger partial charge is 0.328 e. The van der Waals surface area contributed by atoms with Crippen molar-refractivity contribution in [3.8, 4) is 0 Å². The Kier molecular flexibility index (Phi) is 19.3. The third-order valence-corrected chi connectivity index (χ3v) is 7.56. The quantitative estimate of drug-likeness (QED) is 0.0754. The number of hydrogen-bond donors (Lipinski definition) is 1. The Morgan fingerprint density at radius 3 is 1.95 bits per heavy atom. The van der Waals surface area contributed by atoms with Gasteiger partial charge in [0.25, 0.3) is 0 Å². The normalized spacial score (nSPS) is 18.7. The molecule has 1 rings (SSSR count). The Balaban J connectivity index is 2.52. The maximum atomic E-state index is 12.9. The first-order chi connectivity index (χ1) is 17.9. The Morgan fingerprint density at radius 2 is 1.43 bits per heavy atom. The standard InChI is InChI=1S/C31H57NO5/c1-5-7-9-11-12-13-14-15-16-17-18-20-26(36-31(35)28(32-24-33)22-25(3)4)23-29-27(30(34)37-29)21-19-10-8-6-2/h24-29H,5-23H2,1-4H3,(H,32,33)/t26?,27-,28+,29+/m1/s1. The number of carbonyl (C=O) groups is 3. The van der Waals surface area contributed by atoms with Gasteiger partial charge in [0.2, 0.25) is 6.41 Å². The fraction of sp³-hybridized carbons (Fsp3) is 0.903. The summed E-state index contributed by atoms with van der Waals surface area (Å²) in [5, 5.41) is 2.63. The van der Waals surface area contributed by atoms with Crippen LogP contribution in [0.15, 0.2) is 0 Å². The average molecular weight is 524 g/mol. The van der Waals surface area contributed by atoms with E-state index in [-0.39, 0.29) is 36.0 Å². The first-order valence-electron chi connectivity index (χ1n) is 15.5. The van der Waals surface area contributed by atoms with Crippen molar-refractivity contribution < 1.29 is 23.9 Å². The van der Waals surface area contributed by atoms with Gasteiger partial charge >= 0.3 is 11.9 Å². The second-order valence-corrected chi connectivity index (χ2v) is 11.5. The Labute approximate surface area is 227 Å². The van der Waals surface area contributed by atoms with E-state index in [0.717, 1.165) is 38.5 Å². The van der Waals surface area contributed by atoms with Gasteiger partial charge in [-0.25, -0.2) is 4.79 Å². The van der Waals surface area contributed by atoms with Crippen LogP contribution in [0.2, 0.25) is 0 Å². The molecule has 1 aliphatic rings. The molecule has 1 aliphatic heterocycles. The minimum Gasteiger partial charge on any atom is -0.461 e. The van der Waals surface area contributed by atoms with Gasteiger partial charge in [0, 0.05) is 6.42 Å². The highest BCUT2D eigenvalue weighted by Crippen LogP contribution is 2.32. The lowest BCUT2D eigenvalue weighted by Gasteiger charge is -2.37. The maximum Gasteiger partial charge on any atom is 0.328 e. The number of rotatable bonds is 25. The molecule has 6 nitrogen and oxygen atoms in total. The van der Waals surface area contributed by atoms with Crippen LogP contribution in [0.25, 0.3) is 0 Å². The highest BCUT2D eigenvalue weighted by Gasteiger charge is 2.43. The van der Waals surface area contributed by atoms with Crippen LogP contribution in [-0.2, 0) is 23.9 Å². The second kappa shape index (κ2) is 21.4. The number of unbranched alkanes of at least 4 members (excludes halogenated alkanes) is 13. The number of ether oxygens (including phenoxy) is 2. The Morgan fingerprint density at radius 1 is 0.892 bits per heavy atom. The van der Waals surface area contributed by atoms with Crippen molar-refractivity contribution >= 4 is 18.3 Å². The predicted octanol–water partition coefficient (Wildman–Crippen LogP) is 7.66. The van der Waals surface area contributed by atoms with Crippen molar-refractivity contribution in [3.05, 3.63) is 0 Å². The molecule has 1 amide bonds. The van der Waals surface area contributed by atoms with E-state index in [1.54, 1.807) is 0 Å². The van der Waals surface area contributed by atoms with E-state index in [4.69, 9.17) is 9.47 Å². The summed E-state index contributed by atoms with van der Waals surface area (Å²) in [6, 6.07) is -0.633. The summed E-state index contributed by atoms with van der Waals surface area (Å²) in [7, 11) is 0. The van der Waals surface area contributed by atoms with Gasteiger partial charge in [0.1, 0.15) is 18.2 Å². The lowest BCUT2D eigenvalue weighted by Crippen LogP contribution is -2.48. The molecule has 0 aromatic rings. The molecule has 0 aromatic heterocycles. The molecule has 37 heavy (non-hydrogen) atoms. The minimum absolute atomic E-state index is 0.0741. The second-order valence-electron chi connectivity index (χ2n) is 11.5. The van der Waals surface area contributed by atoms with Crippen LogP contribution in [0.3, 0.4) is 0 Å². The van der Waals surface area contributed by atoms with E-state index >= 15 is 0 Å². The van der Waals surface area contributed by atoms with E-state index in [1.807, 2.05) is 13.8 Å². The molecule has 0 spiro atoms.